The molecule has 6 heteroatoms. The fourth-order valence-electron chi connectivity index (χ4n) is 2.42. The van der Waals surface area contributed by atoms with Crippen molar-refractivity contribution in [1.29, 1.82) is 0 Å². The van der Waals surface area contributed by atoms with Crippen LogP contribution in [0.3, 0.4) is 0 Å². The maximum atomic E-state index is 12.2. The fraction of sp³-hybridized carbons (Fsp3) is 0.0455. The van der Waals surface area contributed by atoms with Gasteiger partial charge >= 0.3 is 5.97 Å². The summed E-state index contributed by atoms with van der Waals surface area (Å²) in [7, 11) is 0. The van der Waals surface area contributed by atoms with Crippen LogP contribution in [0.4, 0.5) is 5.69 Å². The Balaban J connectivity index is 1.56. The van der Waals surface area contributed by atoms with Crippen molar-refractivity contribution in [2.75, 3.05) is 11.9 Å². The molecule has 3 aromatic rings. The number of amides is 1. The van der Waals surface area contributed by atoms with Gasteiger partial charge in [0.15, 0.2) is 12.4 Å². The van der Waals surface area contributed by atoms with Gasteiger partial charge < -0.3 is 10.1 Å². The van der Waals surface area contributed by atoms with Crippen molar-refractivity contribution in [2.45, 2.75) is 0 Å². The smallest absolute Gasteiger partial charge is 0.338 e. The summed E-state index contributed by atoms with van der Waals surface area (Å²) in [5.41, 5.74) is 1.85. The summed E-state index contributed by atoms with van der Waals surface area (Å²) in [6.07, 6.45) is 0. The molecular weight excluding hydrogens is 422 g/mol. The molecular formula is C22H16BrNO4. The van der Waals surface area contributed by atoms with Crippen LogP contribution in [0.1, 0.15) is 31.1 Å². The number of nitrogens with one attached hydrogen (secondary N) is 1. The maximum absolute atomic E-state index is 12.2. The molecule has 3 aromatic carbocycles. The number of rotatable bonds is 6. The molecule has 28 heavy (non-hydrogen) atoms. The minimum absolute atomic E-state index is 0.253. The molecule has 0 aliphatic carbocycles. The Kier molecular flexibility index (Phi) is 6.34. The van der Waals surface area contributed by atoms with Gasteiger partial charge in [-0.3, -0.25) is 9.59 Å². The Morgan fingerprint density at radius 1 is 0.750 bits per heavy atom. The van der Waals surface area contributed by atoms with E-state index in [4.69, 9.17) is 4.74 Å². The SMILES string of the molecule is O=C(COC(=O)c1ccc(NC(=O)c2ccc(Br)cc2)cc1)c1ccccc1. The highest BCUT2D eigenvalue weighted by atomic mass is 79.9. The second-order valence-corrected chi connectivity index (χ2v) is 6.82. The van der Waals surface area contributed by atoms with Gasteiger partial charge in [-0.1, -0.05) is 46.3 Å². The molecule has 0 aliphatic rings. The first-order valence-corrected chi connectivity index (χ1v) is 9.24. The van der Waals surface area contributed by atoms with Crippen molar-refractivity contribution < 1.29 is 19.1 Å². The van der Waals surface area contributed by atoms with Crippen LogP contribution in [-0.2, 0) is 4.74 Å². The van der Waals surface area contributed by atoms with E-state index < -0.39 is 5.97 Å². The molecule has 0 fully saturated rings. The normalized spacial score (nSPS) is 10.2. The number of esters is 1. The lowest BCUT2D eigenvalue weighted by molar-refractivity contribution is 0.0475. The highest BCUT2D eigenvalue weighted by Crippen LogP contribution is 2.15. The molecule has 3 rings (SSSR count). The van der Waals surface area contributed by atoms with Gasteiger partial charge in [-0.25, -0.2) is 4.79 Å². The van der Waals surface area contributed by atoms with E-state index in [2.05, 4.69) is 21.2 Å². The quantitative estimate of drug-likeness (QED) is 0.446. The van der Waals surface area contributed by atoms with Gasteiger partial charge in [0.05, 0.1) is 5.56 Å². The molecule has 0 radical (unpaired) electrons. The minimum atomic E-state index is -0.602. The van der Waals surface area contributed by atoms with Gasteiger partial charge in [0.2, 0.25) is 0 Å². The number of halogens is 1. The van der Waals surface area contributed by atoms with E-state index in [-0.39, 0.29) is 18.3 Å². The lowest BCUT2D eigenvalue weighted by Crippen LogP contribution is -2.14. The molecule has 0 aromatic heterocycles. The Hall–Kier alpha value is -3.25. The molecule has 0 bridgehead atoms. The molecule has 1 amide bonds. The summed E-state index contributed by atoms with van der Waals surface area (Å²) in [4.78, 5) is 36.3. The minimum Gasteiger partial charge on any atom is -0.454 e. The summed E-state index contributed by atoms with van der Waals surface area (Å²) in [6, 6.07) is 21.9. The second-order valence-electron chi connectivity index (χ2n) is 5.90. The zero-order valence-corrected chi connectivity index (χ0v) is 16.3. The van der Waals surface area contributed by atoms with Crippen molar-refractivity contribution in [2.24, 2.45) is 0 Å². The van der Waals surface area contributed by atoms with E-state index >= 15 is 0 Å². The number of ketones is 1. The number of Topliss-reactive ketones (excluding diaryl/α,β-unsaturated/α-hetero) is 1. The van der Waals surface area contributed by atoms with Gasteiger partial charge in [-0.15, -0.1) is 0 Å². The summed E-state index contributed by atoms with van der Waals surface area (Å²) < 4.78 is 5.95. The van der Waals surface area contributed by atoms with Crippen LogP contribution in [0.2, 0.25) is 0 Å². The van der Waals surface area contributed by atoms with Crippen LogP contribution < -0.4 is 5.32 Å². The Bertz CT molecular complexity index is 983. The third-order valence-electron chi connectivity index (χ3n) is 3.92. The molecule has 0 atom stereocenters. The lowest BCUT2D eigenvalue weighted by atomic mass is 10.1. The van der Waals surface area contributed by atoms with Gasteiger partial charge in [-0.05, 0) is 48.5 Å². The zero-order valence-electron chi connectivity index (χ0n) is 14.7. The van der Waals surface area contributed by atoms with Crippen molar-refractivity contribution in [3.63, 3.8) is 0 Å². The van der Waals surface area contributed by atoms with Crippen molar-refractivity contribution in [3.05, 3.63) is 100 Å². The highest BCUT2D eigenvalue weighted by Gasteiger charge is 2.12. The summed E-state index contributed by atoms with van der Waals surface area (Å²) >= 11 is 3.32. The topological polar surface area (TPSA) is 72.5 Å². The van der Waals surface area contributed by atoms with Crippen molar-refractivity contribution in [3.8, 4) is 0 Å². The Labute approximate surface area is 170 Å². The average Bonchev–Trinajstić information content (AvgIpc) is 2.73. The van der Waals surface area contributed by atoms with E-state index in [1.165, 1.54) is 12.1 Å². The second kappa shape index (κ2) is 9.10. The molecule has 5 nitrogen and oxygen atoms in total. The average molecular weight is 438 g/mol. The van der Waals surface area contributed by atoms with Crippen LogP contribution >= 0.6 is 15.9 Å². The summed E-state index contributed by atoms with van der Waals surface area (Å²) in [6.45, 7) is -0.328. The highest BCUT2D eigenvalue weighted by molar-refractivity contribution is 9.10. The molecule has 0 aliphatic heterocycles. The van der Waals surface area contributed by atoms with Crippen LogP contribution in [-0.4, -0.2) is 24.3 Å². The molecule has 0 unspecified atom stereocenters. The van der Waals surface area contributed by atoms with E-state index in [0.717, 1.165) is 4.47 Å². The Morgan fingerprint density at radius 2 is 1.36 bits per heavy atom. The van der Waals surface area contributed by atoms with Crippen LogP contribution in [0.25, 0.3) is 0 Å². The van der Waals surface area contributed by atoms with E-state index in [1.807, 2.05) is 0 Å². The number of hydrogen-bond donors (Lipinski definition) is 1. The van der Waals surface area contributed by atoms with Crippen LogP contribution in [0.5, 0.6) is 0 Å². The predicted molar refractivity (Wildman–Crippen MR) is 110 cm³/mol. The van der Waals surface area contributed by atoms with Gasteiger partial charge in [0.25, 0.3) is 5.91 Å². The van der Waals surface area contributed by atoms with Crippen LogP contribution in [0, 0.1) is 0 Å². The Morgan fingerprint density at radius 3 is 2.00 bits per heavy atom. The van der Waals surface area contributed by atoms with E-state index in [9.17, 15) is 14.4 Å². The standard InChI is InChI=1S/C22H16BrNO4/c23-18-10-6-16(7-11-18)21(26)24-19-12-8-17(9-13-19)22(27)28-14-20(25)15-4-2-1-3-5-15/h1-13H,14H2,(H,24,26). The fourth-order valence-corrected chi connectivity index (χ4v) is 2.68. The molecule has 0 spiro atoms. The molecule has 140 valence electrons. The summed E-state index contributed by atoms with van der Waals surface area (Å²) in [5.74, 6) is -1.13. The molecule has 0 saturated heterocycles. The number of hydrogen-bond acceptors (Lipinski definition) is 4. The van der Waals surface area contributed by atoms with E-state index in [0.29, 0.717) is 22.4 Å². The van der Waals surface area contributed by atoms with Crippen molar-refractivity contribution >= 4 is 39.3 Å². The monoisotopic (exact) mass is 437 g/mol. The number of ether oxygens (including phenoxy) is 1. The molecule has 0 heterocycles. The number of benzene rings is 3. The summed E-state index contributed by atoms with van der Waals surface area (Å²) in [5, 5.41) is 2.76. The lowest BCUT2D eigenvalue weighted by Gasteiger charge is -2.07. The van der Waals surface area contributed by atoms with E-state index in [1.54, 1.807) is 66.7 Å². The first-order valence-electron chi connectivity index (χ1n) is 8.45. The third-order valence-corrected chi connectivity index (χ3v) is 4.44. The predicted octanol–water partition coefficient (Wildman–Crippen LogP) is 4.74. The van der Waals surface area contributed by atoms with Crippen molar-refractivity contribution in [1.82, 2.24) is 0 Å². The van der Waals surface area contributed by atoms with Gasteiger partial charge in [0.1, 0.15) is 0 Å². The van der Waals surface area contributed by atoms with Gasteiger partial charge in [0, 0.05) is 21.3 Å². The first-order chi connectivity index (χ1) is 13.5. The molecule has 0 saturated carbocycles. The van der Waals surface area contributed by atoms with Crippen LogP contribution in [0.15, 0.2) is 83.3 Å². The largest absolute Gasteiger partial charge is 0.454 e. The first kappa shape index (κ1) is 19.5. The number of carbonyl (C=O) groups excluding carboxylic acids is 3. The third kappa shape index (κ3) is 5.14. The van der Waals surface area contributed by atoms with Gasteiger partial charge in [-0.2, -0.15) is 0 Å². The zero-order chi connectivity index (χ0) is 19.9. The number of carbonyl (C=O) groups is 3. The maximum Gasteiger partial charge on any atom is 0.338 e. The number of anilines is 1. The molecule has 1 N–H and O–H groups in total.